The Kier molecular flexibility index (Phi) is 5.35. The Morgan fingerprint density at radius 3 is 2.55 bits per heavy atom. The molecule has 1 aliphatic rings. The molecule has 0 atom stereocenters. The van der Waals surface area contributed by atoms with Crippen molar-refractivity contribution in [3.63, 3.8) is 0 Å². The first-order valence-corrected chi connectivity index (χ1v) is 10.2. The van der Waals surface area contributed by atoms with Gasteiger partial charge in [0.2, 0.25) is 5.22 Å². The second-order valence-electron chi connectivity index (χ2n) is 7.38. The van der Waals surface area contributed by atoms with Gasteiger partial charge in [0.15, 0.2) is 5.22 Å². The smallest absolute Gasteiger partial charge is 0.292 e. The van der Waals surface area contributed by atoms with Gasteiger partial charge >= 0.3 is 0 Å². The molecule has 0 saturated carbocycles. The molecular formula is C25H21N5O+. The summed E-state index contributed by atoms with van der Waals surface area (Å²) in [6, 6.07) is 28.8. The highest BCUT2D eigenvalue weighted by Crippen LogP contribution is 2.18. The van der Waals surface area contributed by atoms with Crippen molar-refractivity contribution in [1.29, 1.82) is 0 Å². The lowest BCUT2D eigenvalue weighted by molar-refractivity contribution is 0.301. The highest BCUT2D eigenvalue weighted by molar-refractivity contribution is 5.98. The van der Waals surface area contributed by atoms with Gasteiger partial charge in [-0.25, -0.2) is 4.98 Å². The van der Waals surface area contributed by atoms with Gasteiger partial charge in [0.1, 0.15) is 12.4 Å². The number of benzene rings is 3. The Morgan fingerprint density at radius 2 is 1.68 bits per heavy atom. The largest absolute Gasteiger partial charge is 0.487 e. The zero-order valence-corrected chi connectivity index (χ0v) is 16.9. The van der Waals surface area contributed by atoms with Crippen LogP contribution >= 0.6 is 0 Å². The number of pyridine rings is 1. The van der Waals surface area contributed by atoms with Crippen LogP contribution in [0, 0.1) is 0 Å². The molecule has 0 saturated heterocycles. The Hall–Kier alpha value is -4.06. The van der Waals surface area contributed by atoms with Gasteiger partial charge in [0, 0.05) is 16.1 Å². The third-order valence-corrected chi connectivity index (χ3v) is 5.22. The molecule has 2 heterocycles. The quantitative estimate of drug-likeness (QED) is 0.488. The van der Waals surface area contributed by atoms with Crippen LogP contribution in [0.3, 0.4) is 0 Å². The van der Waals surface area contributed by atoms with Gasteiger partial charge in [-0.05, 0) is 60.4 Å². The monoisotopic (exact) mass is 407 g/mol. The highest BCUT2D eigenvalue weighted by atomic mass is 16.5. The van der Waals surface area contributed by atoms with Crippen LogP contribution in [0.1, 0.15) is 22.4 Å². The van der Waals surface area contributed by atoms with E-state index in [9.17, 15) is 0 Å². The fourth-order valence-electron chi connectivity index (χ4n) is 3.54. The molecule has 6 nitrogen and oxygen atoms in total. The van der Waals surface area contributed by atoms with Gasteiger partial charge < -0.3 is 4.74 Å². The number of nitrogens with zero attached hydrogens (tertiary/aromatic N) is 4. The normalized spacial score (nSPS) is 12.6. The maximum Gasteiger partial charge on any atom is 0.292 e. The summed E-state index contributed by atoms with van der Waals surface area (Å²) >= 11 is 0. The van der Waals surface area contributed by atoms with Crippen molar-refractivity contribution in [2.75, 3.05) is 0 Å². The number of para-hydroxylation sites is 1. The van der Waals surface area contributed by atoms with Crippen molar-refractivity contribution in [1.82, 2.24) is 15.6 Å². The molecule has 6 heteroatoms. The minimum absolute atomic E-state index is 0.451. The number of hydrogen-bond acceptors (Lipinski definition) is 6. The van der Waals surface area contributed by atoms with Crippen LogP contribution in [0.4, 0.5) is 0 Å². The van der Waals surface area contributed by atoms with Crippen LogP contribution in [0.15, 0.2) is 95.3 Å². The summed E-state index contributed by atoms with van der Waals surface area (Å²) in [5, 5.41) is 12.3. The predicted molar refractivity (Wildman–Crippen MR) is 121 cm³/mol. The SMILES string of the molecule is c1cc(CCc2ccc(C3=N[N+]=NN3)cc2)cc(OCc2ccc3ccccc3n2)c1. The van der Waals surface area contributed by atoms with Crippen molar-refractivity contribution in [3.05, 3.63) is 107 Å². The molecule has 0 aliphatic carbocycles. The zero-order valence-electron chi connectivity index (χ0n) is 16.9. The molecule has 0 bridgehead atoms. The first kappa shape index (κ1) is 18.9. The Morgan fingerprint density at radius 1 is 0.806 bits per heavy atom. The lowest BCUT2D eigenvalue weighted by Gasteiger charge is -2.09. The molecule has 3 aromatic carbocycles. The molecule has 31 heavy (non-hydrogen) atoms. The summed E-state index contributed by atoms with van der Waals surface area (Å²) in [5.41, 5.74) is 8.18. The summed E-state index contributed by atoms with van der Waals surface area (Å²) < 4.78 is 6.01. The van der Waals surface area contributed by atoms with E-state index in [1.165, 1.54) is 11.1 Å². The standard InChI is InChI=1S/C25H21N5O/c1-2-7-24-20(5-1)14-15-22(26-24)17-31-23-6-3-4-19(16-23)9-8-18-10-12-21(13-11-18)25-27-29-30-28-25/h1-7,10-16H,8-9,17H2,(H,27,28,29)/q+1. The molecule has 151 valence electrons. The van der Waals surface area contributed by atoms with E-state index in [4.69, 9.17) is 4.74 Å². The van der Waals surface area contributed by atoms with Crippen LogP contribution < -0.4 is 15.4 Å². The Labute approximate surface area is 180 Å². The van der Waals surface area contributed by atoms with Crippen LogP contribution in [0.5, 0.6) is 5.75 Å². The number of ether oxygens (including phenoxy) is 1. The molecule has 1 radical (unpaired) electrons. The summed E-state index contributed by atoms with van der Waals surface area (Å²) in [6.07, 6.45) is 1.89. The summed E-state index contributed by atoms with van der Waals surface area (Å²) in [6.45, 7) is 0.451. The van der Waals surface area contributed by atoms with Crippen molar-refractivity contribution < 1.29 is 4.74 Å². The van der Waals surface area contributed by atoms with Crippen molar-refractivity contribution >= 4 is 16.7 Å². The second kappa shape index (κ2) is 8.75. The molecule has 0 spiro atoms. The van der Waals surface area contributed by atoms with Crippen LogP contribution in [0.25, 0.3) is 10.9 Å². The average molecular weight is 407 g/mol. The van der Waals surface area contributed by atoms with Crippen LogP contribution in [-0.2, 0) is 19.4 Å². The van der Waals surface area contributed by atoms with Crippen molar-refractivity contribution in [2.24, 2.45) is 10.3 Å². The van der Waals surface area contributed by atoms with E-state index in [1.54, 1.807) is 0 Å². The Balaban J connectivity index is 1.18. The first-order valence-electron chi connectivity index (χ1n) is 10.2. The molecule has 1 aliphatic heterocycles. The maximum absolute atomic E-state index is 6.01. The Bertz CT molecular complexity index is 1260. The minimum Gasteiger partial charge on any atom is -0.487 e. The van der Waals surface area contributed by atoms with Crippen LogP contribution in [-0.4, -0.2) is 10.8 Å². The lowest BCUT2D eigenvalue weighted by atomic mass is 10.0. The van der Waals surface area contributed by atoms with E-state index >= 15 is 0 Å². The van der Waals surface area contributed by atoms with Gasteiger partial charge in [0.25, 0.3) is 5.84 Å². The van der Waals surface area contributed by atoms with E-state index < -0.39 is 0 Å². The highest BCUT2D eigenvalue weighted by Gasteiger charge is 2.15. The lowest BCUT2D eigenvalue weighted by Crippen LogP contribution is -2.14. The van der Waals surface area contributed by atoms with E-state index in [0.29, 0.717) is 12.4 Å². The molecule has 0 amide bonds. The zero-order chi connectivity index (χ0) is 20.9. The average Bonchev–Trinajstić information content (AvgIpc) is 3.37. The third kappa shape index (κ3) is 4.59. The topological polar surface area (TPSA) is 73.0 Å². The number of nitrogens with one attached hydrogen (secondary N) is 1. The second-order valence-corrected chi connectivity index (χ2v) is 7.38. The summed E-state index contributed by atoms with van der Waals surface area (Å²) in [4.78, 5) is 4.67. The molecule has 0 unspecified atom stereocenters. The third-order valence-electron chi connectivity index (χ3n) is 5.22. The molecular weight excluding hydrogens is 386 g/mol. The van der Waals surface area contributed by atoms with Crippen LogP contribution in [0.2, 0.25) is 0 Å². The molecule has 0 fully saturated rings. The number of hydrogen-bond donors (Lipinski definition) is 1. The number of amidine groups is 1. The molecule has 4 aromatic rings. The number of rotatable bonds is 7. The fourth-order valence-corrected chi connectivity index (χ4v) is 3.54. The van der Waals surface area contributed by atoms with Crippen molar-refractivity contribution in [3.8, 4) is 5.75 Å². The van der Waals surface area contributed by atoms with Gasteiger partial charge in [0.05, 0.1) is 11.2 Å². The first-order chi connectivity index (χ1) is 15.3. The van der Waals surface area contributed by atoms with Gasteiger partial charge in [-0.3, -0.25) is 0 Å². The van der Waals surface area contributed by atoms with E-state index in [1.807, 2.05) is 48.5 Å². The number of aryl methyl sites for hydroxylation is 2. The fraction of sp³-hybridized carbons (Fsp3) is 0.120. The van der Waals surface area contributed by atoms with E-state index in [2.05, 4.69) is 62.4 Å². The molecule has 5 rings (SSSR count). The predicted octanol–water partition coefficient (Wildman–Crippen LogP) is 4.57. The van der Waals surface area contributed by atoms with Crippen molar-refractivity contribution in [2.45, 2.75) is 19.4 Å². The summed E-state index contributed by atoms with van der Waals surface area (Å²) in [5.74, 6) is 1.54. The van der Waals surface area contributed by atoms with E-state index in [-0.39, 0.29) is 0 Å². The minimum atomic E-state index is 0.451. The van der Waals surface area contributed by atoms with Gasteiger partial charge in [-0.15, -0.1) is 5.43 Å². The molecule has 1 N–H and O–H groups in total. The van der Waals surface area contributed by atoms with E-state index in [0.717, 1.165) is 40.8 Å². The molecule has 1 aromatic heterocycles. The number of aromatic nitrogens is 1. The maximum atomic E-state index is 6.01. The summed E-state index contributed by atoms with van der Waals surface area (Å²) in [7, 11) is 0. The van der Waals surface area contributed by atoms with Gasteiger partial charge in [-0.1, -0.05) is 48.5 Å². The van der Waals surface area contributed by atoms with Gasteiger partial charge in [-0.2, -0.15) is 0 Å². The number of fused-ring (bicyclic) bond motifs is 1.